The number of carbonyl (C=O) groups excluding carboxylic acids is 1. The Kier molecular flexibility index (Phi) is 5.99. The molecule has 1 aromatic heterocycles. The smallest absolute Gasteiger partial charge is 0.269 e. The van der Waals surface area contributed by atoms with E-state index in [4.69, 9.17) is 11.6 Å². The monoisotopic (exact) mass is 331 g/mol. The number of benzene rings is 1. The van der Waals surface area contributed by atoms with Gasteiger partial charge in [-0.1, -0.05) is 31.5 Å². The summed E-state index contributed by atoms with van der Waals surface area (Å²) < 4.78 is 0. The van der Waals surface area contributed by atoms with Gasteiger partial charge in [0.15, 0.2) is 0 Å². The van der Waals surface area contributed by atoms with Crippen LogP contribution >= 0.6 is 11.6 Å². The summed E-state index contributed by atoms with van der Waals surface area (Å²) in [5.41, 5.74) is 4.66. The molecule has 2 N–H and O–H groups in total. The number of anilines is 1. The first kappa shape index (κ1) is 17.3. The van der Waals surface area contributed by atoms with Crippen LogP contribution < -0.4 is 10.6 Å². The van der Waals surface area contributed by atoms with Gasteiger partial charge < -0.3 is 10.6 Å². The maximum absolute atomic E-state index is 11.5. The second kappa shape index (κ2) is 7.97. The Balaban J connectivity index is 0.000000924. The first-order valence-corrected chi connectivity index (χ1v) is 8.31. The van der Waals surface area contributed by atoms with Crippen molar-refractivity contribution in [2.75, 3.05) is 18.9 Å². The van der Waals surface area contributed by atoms with Crippen molar-refractivity contribution in [1.82, 2.24) is 10.3 Å². The SMILES string of the molecule is CC.CNC(=O)c1ccc(-c2cc3c(cc2Cl)NCCC3)cn1. The van der Waals surface area contributed by atoms with Gasteiger partial charge in [-0.3, -0.25) is 9.78 Å². The summed E-state index contributed by atoms with van der Waals surface area (Å²) in [5, 5.41) is 6.61. The minimum atomic E-state index is -0.192. The molecule has 0 saturated heterocycles. The summed E-state index contributed by atoms with van der Waals surface area (Å²) in [5.74, 6) is -0.192. The van der Waals surface area contributed by atoms with Crippen LogP contribution in [0, 0.1) is 0 Å². The summed E-state index contributed by atoms with van der Waals surface area (Å²) in [6, 6.07) is 7.67. The molecular weight excluding hydrogens is 310 g/mol. The van der Waals surface area contributed by atoms with E-state index in [0.717, 1.165) is 36.2 Å². The van der Waals surface area contributed by atoms with Gasteiger partial charge in [-0.15, -0.1) is 0 Å². The van der Waals surface area contributed by atoms with Crippen LogP contribution in [0.4, 0.5) is 5.69 Å². The van der Waals surface area contributed by atoms with Gasteiger partial charge in [-0.2, -0.15) is 0 Å². The number of carbonyl (C=O) groups is 1. The fourth-order valence-corrected chi connectivity index (χ4v) is 2.80. The number of nitrogens with zero attached hydrogens (tertiary/aromatic N) is 1. The maximum atomic E-state index is 11.5. The maximum Gasteiger partial charge on any atom is 0.269 e. The van der Waals surface area contributed by atoms with Crippen molar-refractivity contribution in [3.05, 3.63) is 46.7 Å². The lowest BCUT2D eigenvalue weighted by Crippen LogP contribution is -2.18. The summed E-state index contributed by atoms with van der Waals surface area (Å²) >= 11 is 6.38. The Morgan fingerprint density at radius 3 is 2.74 bits per heavy atom. The number of aryl methyl sites for hydroxylation is 1. The zero-order chi connectivity index (χ0) is 16.8. The molecule has 122 valence electrons. The van der Waals surface area contributed by atoms with Crippen molar-refractivity contribution >= 4 is 23.2 Å². The Hall–Kier alpha value is -2.07. The summed E-state index contributed by atoms with van der Waals surface area (Å²) in [4.78, 5) is 15.7. The number of rotatable bonds is 2. The number of hydrogen-bond acceptors (Lipinski definition) is 3. The van der Waals surface area contributed by atoms with Crippen LogP contribution in [0.5, 0.6) is 0 Å². The van der Waals surface area contributed by atoms with Gasteiger partial charge >= 0.3 is 0 Å². The molecule has 0 bridgehead atoms. The highest BCUT2D eigenvalue weighted by Gasteiger charge is 2.14. The van der Waals surface area contributed by atoms with Crippen molar-refractivity contribution in [3.63, 3.8) is 0 Å². The minimum absolute atomic E-state index is 0.192. The first-order chi connectivity index (χ1) is 11.2. The van der Waals surface area contributed by atoms with Crippen LogP contribution in [-0.4, -0.2) is 24.5 Å². The molecule has 0 aliphatic carbocycles. The van der Waals surface area contributed by atoms with E-state index in [1.165, 1.54) is 5.56 Å². The van der Waals surface area contributed by atoms with Crippen LogP contribution in [0.25, 0.3) is 11.1 Å². The van der Waals surface area contributed by atoms with Crippen LogP contribution in [-0.2, 0) is 6.42 Å². The van der Waals surface area contributed by atoms with Crippen LogP contribution in [0.1, 0.15) is 36.3 Å². The number of amides is 1. The second-order valence-corrected chi connectivity index (χ2v) is 5.44. The van der Waals surface area contributed by atoms with Gasteiger partial charge in [0.05, 0.1) is 5.02 Å². The number of aromatic nitrogens is 1. The van der Waals surface area contributed by atoms with E-state index in [2.05, 4.69) is 21.7 Å². The predicted molar refractivity (Wildman–Crippen MR) is 96.2 cm³/mol. The Labute approximate surface area is 142 Å². The molecule has 0 spiro atoms. The van der Waals surface area contributed by atoms with Gasteiger partial charge in [0.1, 0.15) is 5.69 Å². The second-order valence-electron chi connectivity index (χ2n) is 5.03. The third kappa shape index (κ3) is 3.82. The normalized spacial score (nSPS) is 12.3. The summed E-state index contributed by atoms with van der Waals surface area (Å²) in [6.07, 6.45) is 3.87. The molecule has 1 aromatic carbocycles. The molecule has 0 fully saturated rings. The fraction of sp³-hybridized carbons (Fsp3) is 0.333. The molecule has 1 aliphatic heterocycles. The zero-order valence-electron chi connectivity index (χ0n) is 13.7. The van der Waals surface area contributed by atoms with Crippen molar-refractivity contribution in [2.24, 2.45) is 0 Å². The lowest BCUT2D eigenvalue weighted by atomic mass is 9.98. The van der Waals surface area contributed by atoms with Crippen LogP contribution in [0.2, 0.25) is 5.02 Å². The number of nitrogens with one attached hydrogen (secondary N) is 2. The molecule has 3 rings (SSSR count). The molecule has 4 nitrogen and oxygen atoms in total. The summed E-state index contributed by atoms with van der Waals surface area (Å²) in [6.45, 7) is 4.99. The number of fused-ring (bicyclic) bond motifs is 1. The predicted octanol–water partition coefficient (Wildman–Crippen LogP) is 4.15. The Bertz CT molecular complexity index is 683. The van der Waals surface area contributed by atoms with Crippen molar-refractivity contribution < 1.29 is 4.79 Å². The topological polar surface area (TPSA) is 54.0 Å². The van der Waals surface area contributed by atoms with E-state index in [1.54, 1.807) is 19.3 Å². The lowest BCUT2D eigenvalue weighted by Gasteiger charge is -2.19. The average molecular weight is 332 g/mol. The lowest BCUT2D eigenvalue weighted by molar-refractivity contribution is 0.0958. The number of halogens is 1. The Morgan fingerprint density at radius 2 is 2.09 bits per heavy atom. The molecule has 2 heterocycles. The van der Waals surface area contributed by atoms with E-state index in [0.29, 0.717) is 10.7 Å². The first-order valence-electron chi connectivity index (χ1n) is 7.94. The van der Waals surface area contributed by atoms with Gasteiger partial charge in [-0.25, -0.2) is 0 Å². The van der Waals surface area contributed by atoms with E-state index in [1.807, 2.05) is 26.0 Å². The van der Waals surface area contributed by atoms with Gasteiger partial charge in [0.25, 0.3) is 5.91 Å². The van der Waals surface area contributed by atoms with Gasteiger partial charge in [0.2, 0.25) is 0 Å². The standard InChI is InChI=1S/C16H16ClN3O.C2H6/c1-18-16(21)14-5-4-11(9-20-14)12-7-10-3-2-6-19-15(10)8-13(12)17;1-2/h4-5,7-9,19H,2-3,6H2,1H3,(H,18,21);1-2H3. The largest absolute Gasteiger partial charge is 0.385 e. The molecule has 0 atom stereocenters. The van der Waals surface area contributed by atoms with Gasteiger partial charge in [-0.05, 0) is 36.6 Å². The van der Waals surface area contributed by atoms with E-state index in [9.17, 15) is 4.79 Å². The highest BCUT2D eigenvalue weighted by Crippen LogP contribution is 2.34. The minimum Gasteiger partial charge on any atom is -0.385 e. The van der Waals surface area contributed by atoms with Crippen LogP contribution in [0.3, 0.4) is 0 Å². The molecule has 5 heteroatoms. The molecule has 1 aliphatic rings. The molecule has 0 radical (unpaired) electrons. The van der Waals surface area contributed by atoms with Gasteiger partial charge in [0, 0.05) is 36.6 Å². The number of pyridine rings is 1. The molecule has 2 aromatic rings. The molecular formula is C18H22ClN3O. The third-order valence-electron chi connectivity index (χ3n) is 3.67. The van der Waals surface area contributed by atoms with Crippen LogP contribution in [0.15, 0.2) is 30.5 Å². The Morgan fingerprint density at radius 1 is 1.30 bits per heavy atom. The molecule has 1 amide bonds. The fourth-order valence-electron chi connectivity index (χ4n) is 2.53. The zero-order valence-corrected chi connectivity index (χ0v) is 14.5. The number of hydrogen-bond donors (Lipinski definition) is 2. The quantitative estimate of drug-likeness (QED) is 0.869. The molecule has 0 saturated carbocycles. The van der Waals surface area contributed by atoms with E-state index < -0.39 is 0 Å². The summed E-state index contributed by atoms with van der Waals surface area (Å²) in [7, 11) is 1.59. The molecule has 0 unspecified atom stereocenters. The molecule has 23 heavy (non-hydrogen) atoms. The third-order valence-corrected chi connectivity index (χ3v) is 3.98. The van der Waals surface area contributed by atoms with Crippen molar-refractivity contribution in [1.29, 1.82) is 0 Å². The highest BCUT2D eigenvalue weighted by atomic mass is 35.5. The van der Waals surface area contributed by atoms with Crippen molar-refractivity contribution in [3.8, 4) is 11.1 Å². The van der Waals surface area contributed by atoms with E-state index in [-0.39, 0.29) is 5.91 Å². The van der Waals surface area contributed by atoms with E-state index >= 15 is 0 Å². The van der Waals surface area contributed by atoms with Crippen molar-refractivity contribution in [2.45, 2.75) is 26.7 Å². The highest BCUT2D eigenvalue weighted by molar-refractivity contribution is 6.33. The average Bonchev–Trinajstić information content (AvgIpc) is 2.62.